The SMILES string of the molecule is CC(=O)c1cc(C(=O)NC2CCNCC2)n(C)c1.Cl. The van der Waals surface area contributed by atoms with Crippen LogP contribution in [0.25, 0.3) is 0 Å². The number of hydrogen-bond donors (Lipinski definition) is 2. The molecule has 0 spiro atoms. The minimum Gasteiger partial charge on any atom is -0.348 e. The van der Waals surface area contributed by atoms with E-state index in [4.69, 9.17) is 0 Å². The molecule has 1 aliphatic rings. The van der Waals surface area contributed by atoms with Crippen molar-refractivity contribution in [2.24, 2.45) is 7.05 Å². The highest BCUT2D eigenvalue weighted by atomic mass is 35.5. The van der Waals surface area contributed by atoms with Gasteiger partial charge in [0.05, 0.1) is 0 Å². The zero-order chi connectivity index (χ0) is 13.1. The second kappa shape index (κ2) is 6.73. The number of aryl methyl sites for hydroxylation is 1. The Labute approximate surface area is 119 Å². The van der Waals surface area contributed by atoms with Crippen LogP contribution in [0.2, 0.25) is 0 Å². The molecule has 19 heavy (non-hydrogen) atoms. The summed E-state index contributed by atoms with van der Waals surface area (Å²) in [4.78, 5) is 23.4. The second-order valence-electron chi connectivity index (χ2n) is 4.78. The highest BCUT2D eigenvalue weighted by Crippen LogP contribution is 2.10. The molecule has 0 unspecified atom stereocenters. The van der Waals surface area contributed by atoms with Gasteiger partial charge in [-0.05, 0) is 38.9 Å². The van der Waals surface area contributed by atoms with Gasteiger partial charge < -0.3 is 15.2 Å². The number of amides is 1. The predicted octanol–water partition coefficient (Wildman–Crippen LogP) is 1.13. The zero-order valence-electron chi connectivity index (χ0n) is 11.2. The Morgan fingerprint density at radius 2 is 2.00 bits per heavy atom. The first-order valence-corrected chi connectivity index (χ1v) is 6.27. The van der Waals surface area contributed by atoms with Crippen molar-refractivity contribution in [3.05, 3.63) is 23.5 Å². The molecule has 0 bridgehead atoms. The van der Waals surface area contributed by atoms with Crippen LogP contribution >= 0.6 is 12.4 Å². The van der Waals surface area contributed by atoms with Crippen molar-refractivity contribution in [3.8, 4) is 0 Å². The number of carbonyl (C=O) groups is 2. The number of Topliss-reactive ketones (excluding diaryl/α,β-unsaturated/α-hetero) is 1. The molecule has 2 N–H and O–H groups in total. The second-order valence-corrected chi connectivity index (χ2v) is 4.78. The van der Waals surface area contributed by atoms with E-state index in [0.717, 1.165) is 25.9 Å². The molecule has 1 fully saturated rings. The monoisotopic (exact) mass is 285 g/mol. The average molecular weight is 286 g/mol. The number of hydrogen-bond acceptors (Lipinski definition) is 3. The zero-order valence-corrected chi connectivity index (χ0v) is 12.0. The van der Waals surface area contributed by atoms with Gasteiger partial charge in [0.2, 0.25) is 0 Å². The molecule has 106 valence electrons. The molecule has 2 heterocycles. The fraction of sp³-hybridized carbons (Fsp3) is 0.538. The Bertz CT molecular complexity index is 464. The molecule has 0 aromatic carbocycles. The summed E-state index contributed by atoms with van der Waals surface area (Å²) in [7, 11) is 1.78. The summed E-state index contributed by atoms with van der Waals surface area (Å²) < 4.78 is 1.70. The molecule has 1 amide bonds. The van der Waals surface area contributed by atoms with Crippen LogP contribution in [-0.2, 0) is 7.05 Å². The molecule has 2 rings (SSSR count). The number of rotatable bonds is 3. The topological polar surface area (TPSA) is 63.1 Å². The van der Waals surface area contributed by atoms with Gasteiger partial charge in [0, 0.05) is 24.8 Å². The van der Waals surface area contributed by atoms with Gasteiger partial charge in [-0.1, -0.05) is 0 Å². The number of carbonyl (C=O) groups excluding carboxylic acids is 2. The quantitative estimate of drug-likeness (QED) is 0.819. The molecule has 5 nitrogen and oxygen atoms in total. The number of nitrogens with zero attached hydrogens (tertiary/aromatic N) is 1. The lowest BCUT2D eigenvalue weighted by Gasteiger charge is -2.23. The van der Waals surface area contributed by atoms with E-state index in [2.05, 4.69) is 10.6 Å². The molecule has 0 atom stereocenters. The van der Waals surface area contributed by atoms with E-state index in [0.29, 0.717) is 11.3 Å². The molecule has 1 aromatic rings. The molecule has 6 heteroatoms. The minimum absolute atomic E-state index is 0. The van der Waals surface area contributed by atoms with Crippen LogP contribution in [0.4, 0.5) is 0 Å². The number of nitrogens with one attached hydrogen (secondary N) is 2. The first-order valence-electron chi connectivity index (χ1n) is 6.27. The highest BCUT2D eigenvalue weighted by molar-refractivity contribution is 5.99. The van der Waals surface area contributed by atoms with Crippen molar-refractivity contribution in [1.29, 1.82) is 0 Å². The largest absolute Gasteiger partial charge is 0.348 e. The van der Waals surface area contributed by atoms with Crippen molar-refractivity contribution >= 4 is 24.1 Å². The normalized spacial score (nSPS) is 15.7. The fourth-order valence-electron chi connectivity index (χ4n) is 2.21. The molecule has 0 saturated carbocycles. The molecule has 0 radical (unpaired) electrons. The molecule has 1 aromatic heterocycles. The van der Waals surface area contributed by atoms with Crippen LogP contribution in [0.15, 0.2) is 12.3 Å². The Kier molecular flexibility index (Phi) is 5.57. The molecular weight excluding hydrogens is 266 g/mol. The molecular formula is C13H20ClN3O2. The maximum absolute atomic E-state index is 12.1. The van der Waals surface area contributed by atoms with Crippen molar-refractivity contribution in [3.63, 3.8) is 0 Å². The first-order chi connectivity index (χ1) is 8.58. The third kappa shape index (κ3) is 3.81. The van der Waals surface area contributed by atoms with Crippen molar-refractivity contribution in [2.75, 3.05) is 13.1 Å². The smallest absolute Gasteiger partial charge is 0.268 e. The van der Waals surface area contributed by atoms with E-state index in [9.17, 15) is 9.59 Å². The summed E-state index contributed by atoms with van der Waals surface area (Å²) in [6, 6.07) is 1.88. The lowest BCUT2D eigenvalue weighted by Crippen LogP contribution is -2.43. The van der Waals surface area contributed by atoms with E-state index in [1.165, 1.54) is 6.92 Å². The molecule has 0 aliphatic carbocycles. The van der Waals surface area contributed by atoms with E-state index in [-0.39, 0.29) is 30.1 Å². The van der Waals surface area contributed by atoms with Crippen molar-refractivity contribution in [2.45, 2.75) is 25.8 Å². The highest BCUT2D eigenvalue weighted by Gasteiger charge is 2.19. The Morgan fingerprint density at radius 3 is 2.53 bits per heavy atom. The van der Waals surface area contributed by atoms with Gasteiger partial charge in [0.15, 0.2) is 5.78 Å². The van der Waals surface area contributed by atoms with Crippen LogP contribution in [0.3, 0.4) is 0 Å². The third-order valence-corrected chi connectivity index (χ3v) is 3.32. The predicted molar refractivity (Wildman–Crippen MR) is 76.0 cm³/mol. The summed E-state index contributed by atoms with van der Waals surface area (Å²) in [5.74, 6) is -0.122. The van der Waals surface area contributed by atoms with Gasteiger partial charge in [0.25, 0.3) is 5.91 Å². The van der Waals surface area contributed by atoms with Gasteiger partial charge in [0.1, 0.15) is 5.69 Å². The van der Waals surface area contributed by atoms with Gasteiger partial charge in [-0.2, -0.15) is 0 Å². The van der Waals surface area contributed by atoms with Crippen LogP contribution in [0.1, 0.15) is 40.6 Å². The first kappa shape index (κ1) is 15.7. The summed E-state index contributed by atoms with van der Waals surface area (Å²) >= 11 is 0. The van der Waals surface area contributed by atoms with E-state index < -0.39 is 0 Å². The standard InChI is InChI=1S/C13H19N3O2.ClH/c1-9(17)10-7-12(16(2)8-10)13(18)15-11-3-5-14-6-4-11;/h7-8,11,14H,3-6H2,1-2H3,(H,15,18);1H. The Hall–Kier alpha value is -1.33. The van der Waals surface area contributed by atoms with E-state index in [1.807, 2.05) is 0 Å². The maximum Gasteiger partial charge on any atom is 0.268 e. The number of ketones is 1. The third-order valence-electron chi connectivity index (χ3n) is 3.32. The van der Waals surface area contributed by atoms with Crippen LogP contribution in [-0.4, -0.2) is 35.4 Å². The Morgan fingerprint density at radius 1 is 1.37 bits per heavy atom. The molecule has 1 saturated heterocycles. The van der Waals surface area contributed by atoms with Crippen molar-refractivity contribution < 1.29 is 9.59 Å². The van der Waals surface area contributed by atoms with E-state index >= 15 is 0 Å². The fourth-order valence-corrected chi connectivity index (χ4v) is 2.21. The summed E-state index contributed by atoms with van der Waals surface area (Å²) in [5.41, 5.74) is 1.12. The minimum atomic E-state index is -0.100. The number of halogens is 1. The van der Waals surface area contributed by atoms with Gasteiger partial charge in [-0.15, -0.1) is 12.4 Å². The Balaban J connectivity index is 0.00000180. The van der Waals surface area contributed by atoms with E-state index in [1.54, 1.807) is 23.9 Å². The van der Waals surface area contributed by atoms with Crippen LogP contribution in [0.5, 0.6) is 0 Å². The molecule has 1 aliphatic heterocycles. The lowest BCUT2D eigenvalue weighted by atomic mass is 10.1. The lowest BCUT2D eigenvalue weighted by molar-refractivity contribution is 0.0921. The summed E-state index contributed by atoms with van der Waals surface area (Å²) in [6.07, 6.45) is 3.60. The maximum atomic E-state index is 12.1. The van der Waals surface area contributed by atoms with Gasteiger partial charge in [-0.3, -0.25) is 9.59 Å². The number of aromatic nitrogens is 1. The van der Waals surface area contributed by atoms with Crippen LogP contribution in [0, 0.1) is 0 Å². The van der Waals surface area contributed by atoms with Gasteiger partial charge >= 0.3 is 0 Å². The average Bonchev–Trinajstić information content (AvgIpc) is 2.73. The van der Waals surface area contributed by atoms with Gasteiger partial charge in [-0.25, -0.2) is 0 Å². The number of piperidine rings is 1. The van der Waals surface area contributed by atoms with Crippen LogP contribution < -0.4 is 10.6 Å². The summed E-state index contributed by atoms with van der Waals surface area (Å²) in [5, 5.41) is 6.27. The summed E-state index contributed by atoms with van der Waals surface area (Å²) in [6.45, 7) is 3.39. The van der Waals surface area contributed by atoms with Crippen molar-refractivity contribution in [1.82, 2.24) is 15.2 Å².